The summed E-state index contributed by atoms with van der Waals surface area (Å²) in [5, 5.41) is 4.19. The first-order chi connectivity index (χ1) is 15.2. The van der Waals surface area contributed by atoms with Crippen LogP contribution < -0.4 is 10.1 Å². The Hall–Kier alpha value is -2.70. The summed E-state index contributed by atoms with van der Waals surface area (Å²) in [6.45, 7) is 4.08. The summed E-state index contributed by atoms with van der Waals surface area (Å²) < 4.78 is 25.1. The number of pyridine rings is 2. The Labute approximate surface area is 179 Å². The molecule has 2 aromatic heterocycles. The highest BCUT2D eigenvalue weighted by molar-refractivity contribution is 5.82. The van der Waals surface area contributed by atoms with Crippen LogP contribution in [0.1, 0.15) is 34.5 Å². The lowest BCUT2D eigenvalue weighted by molar-refractivity contribution is -0.189. The van der Waals surface area contributed by atoms with Crippen LogP contribution in [0.5, 0.6) is 5.75 Å². The van der Waals surface area contributed by atoms with Gasteiger partial charge in [0.05, 0.1) is 17.3 Å². The average molecular weight is 410 g/mol. The van der Waals surface area contributed by atoms with Gasteiger partial charge < -0.3 is 19.5 Å². The maximum absolute atomic E-state index is 7.74. The molecule has 0 bridgehead atoms. The third kappa shape index (κ3) is 5.26. The second kappa shape index (κ2) is 9.87. The molecule has 1 aliphatic heterocycles. The molecular weight excluding hydrogens is 378 g/mol. The molecule has 0 aliphatic carbocycles. The Bertz CT molecular complexity index is 977. The molecule has 0 radical (unpaired) electrons. The Morgan fingerprint density at radius 2 is 2.20 bits per heavy atom. The first-order valence-electron chi connectivity index (χ1n) is 11.3. The van der Waals surface area contributed by atoms with E-state index in [-0.39, 0.29) is 19.3 Å². The predicted molar refractivity (Wildman–Crippen MR) is 119 cm³/mol. The van der Waals surface area contributed by atoms with Gasteiger partial charge in [-0.3, -0.25) is 0 Å². The van der Waals surface area contributed by atoms with Crippen LogP contribution in [0.4, 0.5) is 5.82 Å². The fraction of sp³-hybridized carbons (Fsp3) is 0.417. The molecular formula is C24H29N3O3. The minimum Gasteiger partial charge on any atom is -0.491 e. The van der Waals surface area contributed by atoms with Crippen LogP contribution in [0, 0.1) is 0 Å². The third-order valence-electron chi connectivity index (χ3n) is 5.00. The molecule has 1 saturated heterocycles. The van der Waals surface area contributed by atoms with Crippen LogP contribution in [0.2, 0.25) is 0 Å². The average Bonchev–Trinajstić information content (AvgIpc) is 2.82. The van der Waals surface area contributed by atoms with E-state index in [0.717, 1.165) is 66.1 Å². The van der Waals surface area contributed by atoms with Crippen molar-refractivity contribution in [2.75, 3.05) is 25.1 Å². The maximum atomic E-state index is 7.74. The van der Waals surface area contributed by atoms with E-state index in [1.807, 2.05) is 55.6 Å². The Morgan fingerprint density at radius 1 is 1.23 bits per heavy atom. The van der Waals surface area contributed by atoms with E-state index in [1.165, 1.54) is 0 Å². The van der Waals surface area contributed by atoms with E-state index in [1.54, 1.807) is 0 Å². The quantitative estimate of drug-likeness (QED) is 0.562. The monoisotopic (exact) mass is 409 g/mol. The third-order valence-corrected chi connectivity index (χ3v) is 5.00. The van der Waals surface area contributed by atoms with Gasteiger partial charge in [-0.05, 0) is 69.5 Å². The minimum absolute atomic E-state index is 0.138. The highest BCUT2D eigenvalue weighted by Crippen LogP contribution is 2.25. The number of benzene rings is 1. The predicted octanol–water partition coefficient (Wildman–Crippen LogP) is 5.04. The molecule has 1 aliphatic rings. The van der Waals surface area contributed by atoms with Gasteiger partial charge >= 0.3 is 0 Å². The number of aromatic nitrogens is 2. The molecule has 6 heteroatoms. The zero-order chi connectivity index (χ0) is 21.5. The molecule has 0 saturated carbocycles. The molecule has 4 rings (SSSR count). The number of anilines is 1. The standard InChI is InChI=1S/C24H29N3O3/c1-3-25-23-12-8-19(15-26-23)22-10-7-18-14-20(9-11-21(18)27-22)29-16-17(2)30-24-6-4-5-13-28-24/h7-12,14-15,17,24H,3-6,13,16H2,1-2H3,(H,25,26)/i2T. The highest BCUT2D eigenvalue weighted by atomic mass is 16.7. The molecule has 2 atom stereocenters. The van der Waals surface area contributed by atoms with Crippen molar-refractivity contribution in [1.82, 2.24) is 9.97 Å². The van der Waals surface area contributed by atoms with Gasteiger partial charge in [-0.25, -0.2) is 9.97 Å². The van der Waals surface area contributed by atoms with Gasteiger partial charge in [-0.1, -0.05) is 6.07 Å². The second-order valence-electron chi connectivity index (χ2n) is 7.38. The summed E-state index contributed by atoms with van der Waals surface area (Å²) in [5.74, 6) is 1.60. The molecule has 6 nitrogen and oxygen atoms in total. The van der Waals surface area contributed by atoms with Crippen molar-refractivity contribution in [2.45, 2.75) is 45.5 Å². The SMILES string of the molecule is [3H]CC(COc1ccc2nc(-c3ccc(NCC)nc3)ccc2c1)OC1CCCCO1. The van der Waals surface area contributed by atoms with Crippen molar-refractivity contribution in [2.24, 2.45) is 0 Å². The first-order valence-corrected chi connectivity index (χ1v) is 10.6. The Morgan fingerprint density at radius 3 is 2.97 bits per heavy atom. The summed E-state index contributed by atoms with van der Waals surface area (Å²) >= 11 is 0. The van der Waals surface area contributed by atoms with Crippen molar-refractivity contribution in [3.05, 3.63) is 48.7 Å². The number of hydrogen-bond donors (Lipinski definition) is 1. The van der Waals surface area contributed by atoms with Crippen LogP contribution in [0.15, 0.2) is 48.7 Å². The van der Waals surface area contributed by atoms with Gasteiger partial charge in [0.15, 0.2) is 6.29 Å². The molecule has 2 unspecified atom stereocenters. The summed E-state index contributed by atoms with van der Waals surface area (Å²) in [5.41, 5.74) is 2.75. The topological polar surface area (TPSA) is 65.5 Å². The van der Waals surface area contributed by atoms with Crippen molar-refractivity contribution < 1.29 is 15.6 Å². The Kier molecular flexibility index (Phi) is 6.34. The van der Waals surface area contributed by atoms with E-state index in [2.05, 4.69) is 10.3 Å². The minimum atomic E-state index is -0.308. The van der Waals surface area contributed by atoms with E-state index in [0.29, 0.717) is 6.61 Å². The van der Waals surface area contributed by atoms with Crippen molar-refractivity contribution in [3.8, 4) is 17.0 Å². The van der Waals surface area contributed by atoms with Crippen LogP contribution in [-0.4, -0.2) is 42.1 Å². The van der Waals surface area contributed by atoms with Crippen LogP contribution >= 0.6 is 0 Å². The molecule has 0 spiro atoms. The van der Waals surface area contributed by atoms with Gasteiger partial charge in [-0.15, -0.1) is 0 Å². The fourth-order valence-electron chi connectivity index (χ4n) is 3.45. The van der Waals surface area contributed by atoms with E-state index in [9.17, 15) is 0 Å². The van der Waals surface area contributed by atoms with E-state index < -0.39 is 0 Å². The number of ether oxygens (including phenoxy) is 3. The zero-order valence-corrected chi connectivity index (χ0v) is 17.3. The molecule has 0 amide bonds. The lowest BCUT2D eigenvalue weighted by Gasteiger charge is -2.26. The number of rotatable bonds is 8. The van der Waals surface area contributed by atoms with Crippen LogP contribution in [-0.2, 0) is 9.47 Å². The van der Waals surface area contributed by atoms with Gasteiger partial charge in [0.25, 0.3) is 0 Å². The number of hydrogen-bond acceptors (Lipinski definition) is 6. The summed E-state index contributed by atoms with van der Waals surface area (Å²) in [6.07, 6.45) is 4.37. The second-order valence-corrected chi connectivity index (χ2v) is 7.38. The lowest BCUT2D eigenvalue weighted by Crippen LogP contribution is -2.29. The van der Waals surface area contributed by atoms with Crippen LogP contribution in [0.25, 0.3) is 22.2 Å². The highest BCUT2D eigenvalue weighted by Gasteiger charge is 2.17. The largest absolute Gasteiger partial charge is 0.491 e. The number of fused-ring (bicyclic) bond motifs is 1. The summed E-state index contributed by atoms with van der Waals surface area (Å²) in [7, 11) is 0. The normalized spacial score (nSPS) is 18.0. The van der Waals surface area contributed by atoms with Gasteiger partial charge in [-0.2, -0.15) is 0 Å². The molecule has 30 heavy (non-hydrogen) atoms. The van der Waals surface area contributed by atoms with Gasteiger partial charge in [0.1, 0.15) is 18.2 Å². The van der Waals surface area contributed by atoms with Gasteiger partial charge in [0.2, 0.25) is 0 Å². The maximum Gasteiger partial charge on any atom is 0.158 e. The molecule has 3 heterocycles. The lowest BCUT2D eigenvalue weighted by atomic mass is 10.1. The van der Waals surface area contributed by atoms with Crippen molar-refractivity contribution in [3.63, 3.8) is 0 Å². The molecule has 158 valence electrons. The van der Waals surface area contributed by atoms with Crippen molar-refractivity contribution in [1.29, 1.82) is 0 Å². The summed E-state index contributed by atoms with van der Waals surface area (Å²) in [6, 6.07) is 13.8. The van der Waals surface area contributed by atoms with E-state index >= 15 is 0 Å². The fourth-order valence-corrected chi connectivity index (χ4v) is 3.45. The van der Waals surface area contributed by atoms with Crippen molar-refractivity contribution >= 4 is 16.7 Å². The Balaban J connectivity index is 1.40. The summed E-state index contributed by atoms with van der Waals surface area (Å²) in [4.78, 5) is 9.19. The van der Waals surface area contributed by atoms with Crippen LogP contribution in [0.3, 0.4) is 0 Å². The number of nitrogens with one attached hydrogen (secondary N) is 1. The molecule has 1 aromatic carbocycles. The first kappa shape index (κ1) is 19.3. The number of nitrogens with zero attached hydrogens (tertiary/aromatic N) is 2. The molecule has 1 N–H and O–H groups in total. The van der Waals surface area contributed by atoms with Gasteiger partial charge in [0, 0.05) is 31.7 Å². The molecule has 1 fully saturated rings. The van der Waals surface area contributed by atoms with E-state index in [4.69, 9.17) is 20.6 Å². The molecule has 3 aromatic rings. The smallest absolute Gasteiger partial charge is 0.158 e. The zero-order valence-electron chi connectivity index (χ0n) is 18.3.